The van der Waals surface area contributed by atoms with Crippen molar-refractivity contribution in [2.45, 2.75) is 264 Å². The standard InChI is InChI=1S/C74H116O6/c1-4-7-10-13-16-18-20-22-24-26-28-30-32-33-34-35-36-37-38-39-40-41-43-44-46-48-50-52-54-56-58-61-64-67-73(76)79-70-71(69-78-72(75)66-63-60-15-12-9-6-3)80-74(77)68-65-62-59-57-55-53-51-49-47-45-42-31-29-27-25-23-21-19-17-14-11-8-5-2/h7-8,10-11,16-19,22-25,28-31,33-34,36-37,39-40,45,47,51,53,57,59,71H,4-6,9,12-15,20-21,26-27,32,35,38,41-44,46,48-50,52,54-56,58,60-70H2,1-3H3/b10-7-,11-8-,18-16-,19-17-,24-22-,25-23-,30-28-,31-29-,34-33-,37-36-,40-39-,47-45-,53-51-,59-57-. The van der Waals surface area contributed by atoms with Gasteiger partial charge in [-0.2, -0.15) is 0 Å². The van der Waals surface area contributed by atoms with Crippen LogP contribution < -0.4 is 0 Å². The van der Waals surface area contributed by atoms with Gasteiger partial charge in [0.25, 0.3) is 0 Å². The number of esters is 3. The SMILES string of the molecule is CC/C=C\C/C=C\C/C=C\C/C=C\C/C=C\C/C=C\C/C=C\CCCCCCCCCCCCCC(=O)OCC(COC(=O)CCCCCCCC)OC(=O)CCC/C=C\C/C=C\C/C=C\C/C=C\C/C=C\C/C=C\C/C=C\CC. The fraction of sp³-hybridized carbons (Fsp3) is 0.581. The van der Waals surface area contributed by atoms with E-state index in [9.17, 15) is 14.4 Å². The van der Waals surface area contributed by atoms with Crippen molar-refractivity contribution in [3.63, 3.8) is 0 Å². The van der Waals surface area contributed by atoms with Gasteiger partial charge in [-0.15, -0.1) is 0 Å². The van der Waals surface area contributed by atoms with Crippen LogP contribution >= 0.6 is 0 Å². The number of rotatable bonds is 56. The second-order valence-corrected chi connectivity index (χ2v) is 20.6. The number of carbonyl (C=O) groups is 3. The quantitative estimate of drug-likeness (QED) is 0.0261. The summed E-state index contributed by atoms with van der Waals surface area (Å²) in [7, 11) is 0. The molecule has 0 aliphatic carbocycles. The lowest BCUT2D eigenvalue weighted by molar-refractivity contribution is -0.167. The molecule has 0 spiro atoms. The van der Waals surface area contributed by atoms with Crippen LogP contribution in [0.1, 0.15) is 258 Å². The van der Waals surface area contributed by atoms with Crippen LogP contribution in [0.5, 0.6) is 0 Å². The van der Waals surface area contributed by atoms with Gasteiger partial charge in [0.05, 0.1) is 0 Å². The highest BCUT2D eigenvalue weighted by Gasteiger charge is 2.19. The van der Waals surface area contributed by atoms with Gasteiger partial charge in [0, 0.05) is 19.3 Å². The monoisotopic (exact) mass is 1100 g/mol. The van der Waals surface area contributed by atoms with E-state index in [1.165, 1.54) is 77.0 Å². The van der Waals surface area contributed by atoms with Gasteiger partial charge in [-0.25, -0.2) is 0 Å². The zero-order valence-corrected chi connectivity index (χ0v) is 51.3. The van der Waals surface area contributed by atoms with Crippen molar-refractivity contribution in [1.82, 2.24) is 0 Å². The molecule has 1 atom stereocenters. The Balaban J connectivity index is 4.19. The molecule has 0 aromatic heterocycles. The van der Waals surface area contributed by atoms with Crippen LogP contribution in [-0.2, 0) is 28.6 Å². The maximum Gasteiger partial charge on any atom is 0.306 e. The van der Waals surface area contributed by atoms with Crippen molar-refractivity contribution in [3.05, 3.63) is 170 Å². The van der Waals surface area contributed by atoms with Crippen molar-refractivity contribution in [2.24, 2.45) is 0 Å². The molecule has 0 bridgehead atoms. The summed E-state index contributed by atoms with van der Waals surface area (Å²) in [6.07, 6.45) is 98.3. The predicted molar refractivity (Wildman–Crippen MR) is 348 cm³/mol. The lowest BCUT2D eigenvalue weighted by atomic mass is 10.0. The molecule has 448 valence electrons. The average molecular weight is 1100 g/mol. The normalized spacial score (nSPS) is 13.3. The topological polar surface area (TPSA) is 78.9 Å². The van der Waals surface area contributed by atoms with E-state index in [-0.39, 0.29) is 37.5 Å². The Bertz CT molecular complexity index is 1840. The predicted octanol–water partition coefficient (Wildman–Crippen LogP) is 22.3. The first-order valence-electron chi connectivity index (χ1n) is 32.1. The summed E-state index contributed by atoms with van der Waals surface area (Å²) >= 11 is 0. The van der Waals surface area contributed by atoms with Crippen molar-refractivity contribution in [1.29, 1.82) is 0 Å². The summed E-state index contributed by atoms with van der Waals surface area (Å²) in [5, 5.41) is 0. The molecule has 0 radical (unpaired) electrons. The van der Waals surface area contributed by atoms with E-state index in [2.05, 4.69) is 191 Å². The van der Waals surface area contributed by atoms with Crippen molar-refractivity contribution >= 4 is 17.9 Å². The number of hydrogen-bond donors (Lipinski definition) is 0. The van der Waals surface area contributed by atoms with Crippen LogP contribution in [0.15, 0.2) is 170 Å². The van der Waals surface area contributed by atoms with Gasteiger partial charge in [-0.1, -0.05) is 281 Å². The Hall–Kier alpha value is -5.23. The van der Waals surface area contributed by atoms with Gasteiger partial charge in [0.2, 0.25) is 0 Å². The molecule has 0 aliphatic rings. The van der Waals surface area contributed by atoms with Gasteiger partial charge in [-0.05, 0) is 128 Å². The van der Waals surface area contributed by atoms with E-state index in [4.69, 9.17) is 14.2 Å². The van der Waals surface area contributed by atoms with Crippen LogP contribution in [0.2, 0.25) is 0 Å². The molecule has 0 aromatic rings. The molecule has 80 heavy (non-hydrogen) atoms. The third-order valence-electron chi connectivity index (χ3n) is 13.0. The molecule has 6 nitrogen and oxygen atoms in total. The molecule has 0 fully saturated rings. The Morgan fingerprint density at radius 3 is 0.800 bits per heavy atom. The third kappa shape index (κ3) is 63.6. The number of hydrogen-bond acceptors (Lipinski definition) is 6. The molecule has 0 heterocycles. The van der Waals surface area contributed by atoms with E-state index in [1.54, 1.807) is 0 Å². The minimum atomic E-state index is -0.815. The summed E-state index contributed by atoms with van der Waals surface area (Å²) in [5.41, 5.74) is 0. The summed E-state index contributed by atoms with van der Waals surface area (Å²) in [5.74, 6) is -0.987. The third-order valence-corrected chi connectivity index (χ3v) is 13.0. The second kappa shape index (κ2) is 66.3. The van der Waals surface area contributed by atoms with E-state index in [1.807, 2.05) is 0 Å². The van der Waals surface area contributed by atoms with Crippen LogP contribution in [0, 0.1) is 0 Å². The van der Waals surface area contributed by atoms with E-state index in [0.717, 1.165) is 135 Å². The van der Waals surface area contributed by atoms with Crippen LogP contribution in [0.4, 0.5) is 0 Å². The van der Waals surface area contributed by atoms with Gasteiger partial charge < -0.3 is 14.2 Å². The Morgan fingerprint density at radius 2 is 0.500 bits per heavy atom. The smallest absolute Gasteiger partial charge is 0.306 e. The van der Waals surface area contributed by atoms with E-state index < -0.39 is 6.10 Å². The fourth-order valence-electron chi connectivity index (χ4n) is 8.23. The molecule has 1 unspecified atom stereocenters. The highest BCUT2D eigenvalue weighted by atomic mass is 16.6. The van der Waals surface area contributed by atoms with Crippen molar-refractivity contribution in [3.8, 4) is 0 Å². The van der Waals surface area contributed by atoms with Crippen molar-refractivity contribution < 1.29 is 28.6 Å². The summed E-state index contributed by atoms with van der Waals surface area (Å²) in [6, 6.07) is 0. The molecule has 0 aromatic carbocycles. The number of ether oxygens (including phenoxy) is 3. The first-order chi connectivity index (χ1) is 39.5. The van der Waals surface area contributed by atoms with Gasteiger partial charge >= 0.3 is 17.9 Å². The van der Waals surface area contributed by atoms with Gasteiger partial charge in [-0.3, -0.25) is 14.4 Å². The highest BCUT2D eigenvalue weighted by molar-refractivity contribution is 5.71. The maximum absolute atomic E-state index is 12.8. The molecule has 0 amide bonds. The fourth-order valence-corrected chi connectivity index (χ4v) is 8.23. The number of carbonyl (C=O) groups excluding carboxylic acids is 3. The molecule has 0 N–H and O–H groups in total. The average Bonchev–Trinajstić information content (AvgIpc) is 3.46. The molecule has 0 saturated heterocycles. The molecule has 0 aliphatic heterocycles. The first-order valence-corrected chi connectivity index (χ1v) is 32.1. The Labute approximate surface area is 492 Å². The maximum atomic E-state index is 12.8. The molecule has 0 saturated carbocycles. The summed E-state index contributed by atoms with van der Waals surface area (Å²) < 4.78 is 16.7. The minimum Gasteiger partial charge on any atom is -0.462 e. The Kier molecular flexibility index (Phi) is 61.9. The first kappa shape index (κ1) is 74.8. The lowest BCUT2D eigenvalue weighted by Gasteiger charge is -2.18. The van der Waals surface area contributed by atoms with Crippen LogP contribution in [-0.4, -0.2) is 37.2 Å². The largest absolute Gasteiger partial charge is 0.462 e. The van der Waals surface area contributed by atoms with Crippen LogP contribution in [0.25, 0.3) is 0 Å². The lowest BCUT2D eigenvalue weighted by Crippen LogP contribution is -2.30. The zero-order chi connectivity index (χ0) is 57.8. The van der Waals surface area contributed by atoms with E-state index in [0.29, 0.717) is 19.3 Å². The summed E-state index contributed by atoms with van der Waals surface area (Å²) in [6.45, 7) is 6.29. The second-order valence-electron chi connectivity index (χ2n) is 20.6. The Morgan fingerprint density at radius 1 is 0.263 bits per heavy atom. The molecule has 0 rings (SSSR count). The molecule has 6 heteroatoms. The van der Waals surface area contributed by atoms with Crippen LogP contribution in [0.3, 0.4) is 0 Å². The van der Waals surface area contributed by atoms with E-state index >= 15 is 0 Å². The van der Waals surface area contributed by atoms with Gasteiger partial charge in [0.15, 0.2) is 6.10 Å². The molecular weight excluding hydrogens is 985 g/mol. The summed E-state index contributed by atoms with van der Waals surface area (Å²) in [4.78, 5) is 38.0. The van der Waals surface area contributed by atoms with Gasteiger partial charge in [0.1, 0.15) is 13.2 Å². The zero-order valence-electron chi connectivity index (χ0n) is 51.3. The number of allylic oxidation sites excluding steroid dienone is 28. The number of unbranched alkanes of at least 4 members (excludes halogenated alkanes) is 17. The highest BCUT2D eigenvalue weighted by Crippen LogP contribution is 2.14. The minimum absolute atomic E-state index is 0.108. The van der Waals surface area contributed by atoms with Crippen molar-refractivity contribution in [2.75, 3.05) is 13.2 Å². The molecular formula is C74H116O6.